The van der Waals surface area contributed by atoms with E-state index in [-0.39, 0.29) is 12.0 Å². The van der Waals surface area contributed by atoms with E-state index in [1.54, 1.807) is 0 Å². The number of rotatable bonds is 8. The first-order valence-electron chi connectivity index (χ1n) is 9.58. The molecule has 2 aromatic carbocycles. The second-order valence-corrected chi connectivity index (χ2v) is 6.90. The van der Waals surface area contributed by atoms with Gasteiger partial charge in [-0.3, -0.25) is 4.79 Å². The van der Waals surface area contributed by atoms with Gasteiger partial charge in [0.1, 0.15) is 17.6 Å². The maximum Gasteiger partial charge on any atom is 0.222 e. The Morgan fingerprint density at radius 1 is 1.30 bits per heavy atom. The third-order valence-corrected chi connectivity index (χ3v) is 4.67. The number of carbonyl (C=O) groups excluding carboxylic acids is 1. The van der Waals surface area contributed by atoms with Crippen LogP contribution in [-0.2, 0) is 17.8 Å². The largest absolute Gasteiger partial charge is 0.494 e. The molecule has 5 heteroatoms. The number of fused-ring (bicyclic) bond motifs is 1. The highest BCUT2D eigenvalue weighted by Gasteiger charge is 2.22. The molecule has 1 aliphatic rings. The van der Waals surface area contributed by atoms with Crippen molar-refractivity contribution in [3.63, 3.8) is 0 Å². The molecule has 1 amide bonds. The lowest BCUT2D eigenvalue weighted by Gasteiger charge is -2.14. The van der Waals surface area contributed by atoms with Crippen LogP contribution in [0.15, 0.2) is 36.4 Å². The Hall–Kier alpha value is -2.69. The third-order valence-electron chi connectivity index (χ3n) is 4.67. The molecule has 0 aliphatic carbocycles. The van der Waals surface area contributed by atoms with Crippen molar-refractivity contribution in [3.05, 3.63) is 53.1 Å². The van der Waals surface area contributed by atoms with Crippen LogP contribution in [0.3, 0.4) is 0 Å². The average molecular weight is 368 g/mol. The first-order valence-corrected chi connectivity index (χ1v) is 9.58. The maximum atomic E-state index is 12.2. The Kier molecular flexibility index (Phi) is 6.22. The Morgan fingerprint density at radius 2 is 2.11 bits per heavy atom. The van der Waals surface area contributed by atoms with Gasteiger partial charge in [0.15, 0.2) is 0 Å². The Bertz CT molecular complexity index is 804. The summed E-state index contributed by atoms with van der Waals surface area (Å²) in [6.07, 6.45) is 1.50. The highest BCUT2D eigenvalue weighted by atomic mass is 16.5. The summed E-state index contributed by atoms with van der Waals surface area (Å²) in [5.74, 6) is 1.73. The number of hydrogen-bond donors (Lipinski definition) is 2. The summed E-state index contributed by atoms with van der Waals surface area (Å²) in [6.45, 7) is 7.70. The molecule has 27 heavy (non-hydrogen) atoms. The number of nitrogens with one attached hydrogen (secondary N) is 2. The molecule has 2 N–H and O–H groups in total. The number of para-hydroxylation sites is 1. The van der Waals surface area contributed by atoms with Crippen LogP contribution in [0.5, 0.6) is 11.5 Å². The zero-order chi connectivity index (χ0) is 19.2. The van der Waals surface area contributed by atoms with Gasteiger partial charge in [0.25, 0.3) is 0 Å². The van der Waals surface area contributed by atoms with Crippen LogP contribution in [0.4, 0.5) is 5.69 Å². The van der Waals surface area contributed by atoms with Crippen molar-refractivity contribution in [1.29, 1.82) is 0 Å². The third kappa shape index (κ3) is 4.94. The van der Waals surface area contributed by atoms with Crippen molar-refractivity contribution in [1.82, 2.24) is 5.32 Å². The Balaban J connectivity index is 1.54. The van der Waals surface area contributed by atoms with Crippen LogP contribution < -0.4 is 20.1 Å². The zero-order valence-electron chi connectivity index (χ0n) is 16.3. The van der Waals surface area contributed by atoms with Crippen LogP contribution in [0.25, 0.3) is 0 Å². The van der Waals surface area contributed by atoms with E-state index in [2.05, 4.69) is 30.5 Å². The smallest absolute Gasteiger partial charge is 0.222 e. The summed E-state index contributed by atoms with van der Waals surface area (Å²) in [5, 5.41) is 6.29. The summed E-state index contributed by atoms with van der Waals surface area (Å²) in [7, 11) is 0. The van der Waals surface area contributed by atoms with Crippen molar-refractivity contribution >= 4 is 11.6 Å². The first-order chi connectivity index (χ1) is 13.1. The standard InChI is InChI=1S/C22H28N2O3/c1-4-26-20-12-17-11-16(3)27-21(17)13-18(20)14-24-22(25)9-10-23-19-8-6-5-7-15(19)2/h5-8,12-13,16,23H,4,9-11,14H2,1-3H3,(H,24,25)/t16-/m0/s1. The van der Waals surface area contributed by atoms with Crippen LogP contribution >= 0.6 is 0 Å². The van der Waals surface area contributed by atoms with E-state index in [4.69, 9.17) is 9.47 Å². The molecule has 0 saturated heterocycles. The van der Waals surface area contributed by atoms with Gasteiger partial charge in [0.05, 0.1) is 6.61 Å². The SMILES string of the molecule is CCOc1cc2c(cc1CNC(=O)CCNc1ccccc1C)O[C@@H](C)C2. The molecule has 0 unspecified atom stereocenters. The minimum absolute atomic E-state index is 0.00770. The van der Waals surface area contributed by atoms with Crippen molar-refractivity contribution in [2.75, 3.05) is 18.5 Å². The van der Waals surface area contributed by atoms with E-state index in [0.717, 1.165) is 29.2 Å². The summed E-state index contributed by atoms with van der Waals surface area (Å²) < 4.78 is 11.6. The number of anilines is 1. The number of carbonyl (C=O) groups is 1. The normalized spacial score (nSPS) is 15.0. The molecule has 1 heterocycles. The zero-order valence-corrected chi connectivity index (χ0v) is 16.3. The fourth-order valence-electron chi connectivity index (χ4n) is 3.27. The summed E-state index contributed by atoms with van der Waals surface area (Å²) in [6, 6.07) is 12.1. The number of ether oxygens (including phenoxy) is 2. The van der Waals surface area contributed by atoms with Crippen molar-refractivity contribution in [3.8, 4) is 11.5 Å². The molecular formula is C22H28N2O3. The van der Waals surface area contributed by atoms with E-state index in [0.29, 0.717) is 26.1 Å². The molecule has 1 atom stereocenters. The molecule has 0 aromatic heterocycles. The molecule has 0 bridgehead atoms. The fourth-order valence-corrected chi connectivity index (χ4v) is 3.27. The quantitative estimate of drug-likeness (QED) is 0.743. The van der Waals surface area contributed by atoms with Gasteiger partial charge in [-0.05, 0) is 44.5 Å². The van der Waals surface area contributed by atoms with Crippen LogP contribution in [-0.4, -0.2) is 25.2 Å². The van der Waals surface area contributed by atoms with Gasteiger partial charge in [-0.1, -0.05) is 18.2 Å². The summed E-state index contributed by atoms with van der Waals surface area (Å²) in [4.78, 5) is 12.2. The number of benzene rings is 2. The molecule has 0 saturated carbocycles. The molecule has 0 spiro atoms. The predicted molar refractivity (Wildman–Crippen MR) is 108 cm³/mol. The molecule has 5 nitrogen and oxygen atoms in total. The summed E-state index contributed by atoms with van der Waals surface area (Å²) in [5.41, 5.74) is 4.36. The predicted octanol–water partition coefficient (Wildman–Crippen LogP) is 3.84. The van der Waals surface area contributed by atoms with Crippen molar-refractivity contribution in [2.24, 2.45) is 0 Å². The van der Waals surface area contributed by atoms with E-state index in [1.165, 1.54) is 11.1 Å². The van der Waals surface area contributed by atoms with Crippen molar-refractivity contribution in [2.45, 2.75) is 46.3 Å². The molecule has 3 rings (SSSR count). The lowest BCUT2D eigenvalue weighted by Crippen LogP contribution is -2.25. The van der Waals surface area contributed by atoms with Gasteiger partial charge in [0.2, 0.25) is 5.91 Å². The Morgan fingerprint density at radius 3 is 2.89 bits per heavy atom. The fraction of sp³-hybridized carbons (Fsp3) is 0.409. The van der Waals surface area contributed by atoms with Crippen molar-refractivity contribution < 1.29 is 14.3 Å². The molecule has 2 aromatic rings. The van der Waals surface area contributed by atoms with Crippen LogP contribution in [0, 0.1) is 6.92 Å². The summed E-state index contributed by atoms with van der Waals surface area (Å²) >= 11 is 0. The van der Waals surface area contributed by atoms with Gasteiger partial charge < -0.3 is 20.1 Å². The minimum atomic E-state index is 0.00770. The van der Waals surface area contributed by atoms with Crippen LogP contribution in [0.2, 0.25) is 0 Å². The highest BCUT2D eigenvalue weighted by Crippen LogP contribution is 2.35. The topological polar surface area (TPSA) is 59.6 Å². The lowest BCUT2D eigenvalue weighted by molar-refractivity contribution is -0.121. The van der Waals surface area contributed by atoms with E-state index in [1.807, 2.05) is 37.3 Å². The van der Waals surface area contributed by atoms with Gasteiger partial charge in [-0.2, -0.15) is 0 Å². The second kappa shape index (κ2) is 8.80. The van der Waals surface area contributed by atoms with E-state index < -0.39 is 0 Å². The van der Waals surface area contributed by atoms with Gasteiger partial charge >= 0.3 is 0 Å². The van der Waals surface area contributed by atoms with E-state index >= 15 is 0 Å². The van der Waals surface area contributed by atoms with Gasteiger partial charge in [-0.15, -0.1) is 0 Å². The monoisotopic (exact) mass is 368 g/mol. The first kappa shape index (κ1) is 19.1. The number of aryl methyl sites for hydroxylation is 1. The second-order valence-electron chi connectivity index (χ2n) is 6.90. The lowest BCUT2D eigenvalue weighted by atomic mass is 10.1. The average Bonchev–Trinajstić information content (AvgIpc) is 3.00. The molecule has 144 valence electrons. The minimum Gasteiger partial charge on any atom is -0.494 e. The molecular weight excluding hydrogens is 340 g/mol. The number of amides is 1. The molecule has 0 fully saturated rings. The van der Waals surface area contributed by atoms with Gasteiger partial charge in [-0.25, -0.2) is 0 Å². The van der Waals surface area contributed by atoms with E-state index in [9.17, 15) is 4.79 Å². The van der Waals surface area contributed by atoms with Gasteiger partial charge in [0, 0.05) is 42.7 Å². The molecule has 1 aliphatic heterocycles. The maximum absolute atomic E-state index is 12.2. The number of hydrogen-bond acceptors (Lipinski definition) is 4. The highest BCUT2D eigenvalue weighted by molar-refractivity contribution is 5.76. The van der Waals surface area contributed by atoms with Crippen LogP contribution in [0.1, 0.15) is 37.0 Å². The Labute approximate surface area is 161 Å². The molecule has 0 radical (unpaired) electrons.